The second-order valence-electron chi connectivity index (χ2n) is 6.56. The molecule has 1 amide bonds. The third-order valence-corrected chi connectivity index (χ3v) is 5.68. The van der Waals surface area contributed by atoms with E-state index in [2.05, 4.69) is 22.2 Å². The maximum atomic E-state index is 12.5. The Kier molecular flexibility index (Phi) is 5.29. The number of benzene rings is 2. The molecule has 1 aliphatic rings. The standard InChI is InChI=1S/C19H23N3O3S/c1-21-11-13-22(14-12-21)16-9-7-15(8-10-16)20-19(23)17-5-3-4-6-18(17)26(2,24)25/h3-10H,11-14H2,1-2H3,(H,20,23). The molecule has 3 rings (SSSR count). The van der Waals surface area contributed by atoms with Crippen molar-refractivity contribution in [1.82, 2.24) is 4.90 Å². The quantitative estimate of drug-likeness (QED) is 0.889. The number of anilines is 2. The van der Waals surface area contributed by atoms with Gasteiger partial charge in [-0.15, -0.1) is 0 Å². The second kappa shape index (κ2) is 7.47. The summed E-state index contributed by atoms with van der Waals surface area (Å²) in [6.07, 6.45) is 1.10. The lowest BCUT2D eigenvalue weighted by Crippen LogP contribution is -2.44. The average molecular weight is 373 g/mol. The van der Waals surface area contributed by atoms with Crippen LogP contribution in [0.15, 0.2) is 53.4 Å². The summed E-state index contributed by atoms with van der Waals surface area (Å²) in [5.41, 5.74) is 1.90. The zero-order valence-corrected chi connectivity index (χ0v) is 15.8. The van der Waals surface area contributed by atoms with E-state index in [1.807, 2.05) is 24.3 Å². The molecule has 0 radical (unpaired) electrons. The number of nitrogens with zero attached hydrogens (tertiary/aromatic N) is 2. The van der Waals surface area contributed by atoms with Crippen molar-refractivity contribution in [2.45, 2.75) is 4.90 Å². The maximum Gasteiger partial charge on any atom is 0.256 e. The van der Waals surface area contributed by atoms with Gasteiger partial charge in [0.05, 0.1) is 10.5 Å². The number of piperazine rings is 1. The first-order chi connectivity index (χ1) is 12.3. The molecule has 6 nitrogen and oxygen atoms in total. The number of likely N-dealkylation sites (N-methyl/N-ethyl adjacent to an activating group) is 1. The van der Waals surface area contributed by atoms with Gasteiger partial charge in [-0.1, -0.05) is 12.1 Å². The normalized spacial score (nSPS) is 15.7. The van der Waals surface area contributed by atoms with E-state index in [9.17, 15) is 13.2 Å². The van der Waals surface area contributed by atoms with Crippen LogP contribution in [0.3, 0.4) is 0 Å². The van der Waals surface area contributed by atoms with Gasteiger partial charge in [-0.3, -0.25) is 4.79 Å². The number of amides is 1. The Morgan fingerprint density at radius 1 is 0.962 bits per heavy atom. The van der Waals surface area contributed by atoms with E-state index in [0.717, 1.165) is 38.1 Å². The summed E-state index contributed by atoms with van der Waals surface area (Å²) in [5, 5.41) is 2.78. The molecule has 0 unspecified atom stereocenters. The van der Waals surface area contributed by atoms with Gasteiger partial charge in [0.15, 0.2) is 9.84 Å². The molecular weight excluding hydrogens is 350 g/mol. The molecule has 1 saturated heterocycles. The van der Waals surface area contributed by atoms with Crippen molar-refractivity contribution in [2.75, 3.05) is 49.7 Å². The van der Waals surface area contributed by atoms with E-state index in [4.69, 9.17) is 0 Å². The number of hydrogen-bond donors (Lipinski definition) is 1. The second-order valence-corrected chi connectivity index (χ2v) is 8.54. The number of rotatable bonds is 4. The third-order valence-electron chi connectivity index (χ3n) is 4.52. The van der Waals surface area contributed by atoms with Crippen LogP contribution in [-0.4, -0.2) is 58.7 Å². The van der Waals surface area contributed by atoms with Crippen molar-refractivity contribution >= 4 is 27.1 Å². The number of sulfone groups is 1. The fourth-order valence-corrected chi connectivity index (χ4v) is 3.88. The van der Waals surface area contributed by atoms with Crippen molar-refractivity contribution in [3.05, 3.63) is 54.1 Å². The number of hydrogen-bond acceptors (Lipinski definition) is 5. The van der Waals surface area contributed by atoms with Crippen LogP contribution >= 0.6 is 0 Å². The van der Waals surface area contributed by atoms with Crippen LogP contribution in [0.4, 0.5) is 11.4 Å². The van der Waals surface area contributed by atoms with Gasteiger partial charge in [-0.25, -0.2) is 8.42 Å². The minimum absolute atomic E-state index is 0.0338. The van der Waals surface area contributed by atoms with Crippen LogP contribution in [0.1, 0.15) is 10.4 Å². The van der Waals surface area contributed by atoms with Crippen LogP contribution < -0.4 is 10.2 Å². The van der Waals surface area contributed by atoms with Crippen LogP contribution in [0, 0.1) is 0 Å². The molecule has 138 valence electrons. The molecule has 0 saturated carbocycles. The monoisotopic (exact) mass is 373 g/mol. The first-order valence-corrected chi connectivity index (χ1v) is 10.4. The number of carbonyl (C=O) groups excluding carboxylic acids is 1. The first kappa shape index (κ1) is 18.4. The summed E-state index contributed by atoms with van der Waals surface area (Å²) in [5.74, 6) is -0.432. The number of nitrogens with one attached hydrogen (secondary N) is 1. The Bertz CT molecular complexity index is 887. The highest BCUT2D eigenvalue weighted by atomic mass is 32.2. The average Bonchev–Trinajstić information content (AvgIpc) is 2.62. The lowest BCUT2D eigenvalue weighted by molar-refractivity contribution is 0.102. The minimum Gasteiger partial charge on any atom is -0.369 e. The van der Waals surface area contributed by atoms with Crippen molar-refractivity contribution in [3.8, 4) is 0 Å². The van der Waals surface area contributed by atoms with Gasteiger partial charge in [0.1, 0.15) is 0 Å². The molecule has 0 aromatic heterocycles. The molecule has 2 aromatic carbocycles. The fourth-order valence-electron chi connectivity index (χ4n) is 3.00. The van der Waals surface area contributed by atoms with Gasteiger partial charge < -0.3 is 15.1 Å². The molecule has 0 atom stereocenters. The molecule has 1 N–H and O–H groups in total. The molecule has 7 heteroatoms. The van der Waals surface area contributed by atoms with Crippen LogP contribution in [0.25, 0.3) is 0 Å². The van der Waals surface area contributed by atoms with Gasteiger partial charge in [-0.05, 0) is 43.4 Å². The smallest absolute Gasteiger partial charge is 0.256 e. The van der Waals surface area contributed by atoms with E-state index in [-0.39, 0.29) is 10.5 Å². The van der Waals surface area contributed by atoms with Crippen molar-refractivity contribution in [3.63, 3.8) is 0 Å². The highest BCUT2D eigenvalue weighted by Crippen LogP contribution is 2.21. The Balaban J connectivity index is 1.73. The van der Waals surface area contributed by atoms with Crippen molar-refractivity contribution in [1.29, 1.82) is 0 Å². The Labute approximate surface area is 154 Å². The predicted octanol–water partition coefficient (Wildman–Crippen LogP) is 2.09. The van der Waals surface area contributed by atoms with E-state index in [1.54, 1.807) is 12.1 Å². The zero-order valence-electron chi connectivity index (χ0n) is 15.0. The largest absolute Gasteiger partial charge is 0.369 e. The molecular formula is C19H23N3O3S. The summed E-state index contributed by atoms with van der Waals surface area (Å²) < 4.78 is 23.7. The lowest BCUT2D eigenvalue weighted by Gasteiger charge is -2.34. The Hall–Kier alpha value is -2.38. The van der Waals surface area contributed by atoms with Gasteiger partial charge in [0.2, 0.25) is 0 Å². The summed E-state index contributed by atoms with van der Waals surface area (Å²) in [7, 11) is -1.35. The third kappa shape index (κ3) is 4.23. The van der Waals surface area contributed by atoms with Crippen molar-refractivity contribution < 1.29 is 13.2 Å². The minimum atomic E-state index is -3.47. The zero-order chi connectivity index (χ0) is 18.7. The summed E-state index contributed by atoms with van der Waals surface area (Å²) in [6.45, 7) is 4.01. The molecule has 1 fully saturated rings. The van der Waals surface area contributed by atoms with Crippen LogP contribution in [0.2, 0.25) is 0 Å². The maximum absolute atomic E-state index is 12.5. The van der Waals surface area contributed by atoms with Gasteiger partial charge in [-0.2, -0.15) is 0 Å². The van der Waals surface area contributed by atoms with E-state index >= 15 is 0 Å². The molecule has 0 aliphatic carbocycles. The SMILES string of the molecule is CN1CCN(c2ccc(NC(=O)c3ccccc3S(C)(=O)=O)cc2)CC1. The van der Waals surface area contributed by atoms with E-state index in [1.165, 1.54) is 12.1 Å². The summed E-state index contributed by atoms with van der Waals surface area (Å²) in [4.78, 5) is 17.2. The fraction of sp³-hybridized carbons (Fsp3) is 0.316. The summed E-state index contributed by atoms with van der Waals surface area (Å²) in [6, 6.07) is 13.9. The lowest BCUT2D eigenvalue weighted by atomic mass is 10.2. The molecule has 0 spiro atoms. The topological polar surface area (TPSA) is 69.7 Å². The molecule has 2 aromatic rings. The van der Waals surface area contributed by atoms with E-state index < -0.39 is 15.7 Å². The first-order valence-electron chi connectivity index (χ1n) is 8.48. The van der Waals surface area contributed by atoms with Gasteiger partial charge in [0, 0.05) is 43.8 Å². The highest BCUT2D eigenvalue weighted by Gasteiger charge is 2.18. The van der Waals surface area contributed by atoms with Crippen LogP contribution in [-0.2, 0) is 9.84 Å². The Morgan fingerprint density at radius 2 is 1.58 bits per heavy atom. The van der Waals surface area contributed by atoms with Gasteiger partial charge >= 0.3 is 0 Å². The highest BCUT2D eigenvalue weighted by molar-refractivity contribution is 7.90. The molecule has 1 heterocycles. The molecule has 1 aliphatic heterocycles. The molecule has 0 bridgehead atoms. The number of carbonyl (C=O) groups is 1. The van der Waals surface area contributed by atoms with E-state index in [0.29, 0.717) is 5.69 Å². The molecule has 26 heavy (non-hydrogen) atoms. The van der Waals surface area contributed by atoms with Gasteiger partial charge in [0.25, 0.3) is 5.91 Å². The summed E-state index contributed by atoms with van der Waals surface area (Å²) >= 11 is 0. The van der Waals surface area contributed by atoms with Crippen LogP contribution in [0.5, 0.6) is 0 Å². The van der Waals surface area contributed by atoms with Crippen molar-refractivity contribution in [2.24, 2.45) is 0 Å². The Morgan fingerprint density at radius 3 is 2.19 bits per heavy atom. The predicted molar refractivity (Wildman–Crippen MR) is 104 cm³/mol.